The highest BCUT2D eigenvalue weighted by atomic mass is 16.5. The molecule has 8 atom stereocenters. The molecule has 0 aromatic carbocycles. The summed E-state index contributed by atoms with van der Waals surface area (Å²) in [4.78, 5) is 11.5. The molecular formula is C24H38O3. The van der Waals surface area contributed by atoms with E-state index in [0.717, 1.165) is 31.1 Å². The molecule has 0 unspecified atom stereocenters. The normalized spacial score (nSPS) is 55.2. The molecule has 1 saturated heterocycles. The zero-order valence-corrected chi connectivity index (χ0v) is 17.3. The third kappa shape index (κ3) is 2.45. The van der Waals surface area contributed by atoms with Crippen molar-refractivity contribution in [3.05, 3.63) is 0 Å². The van der Waals surface area contributed by atoms with Gasteiger partial charge in [-0.3, -0.25) is 4.79 Å². The third-order valence-electron chi connectivity index (χ3n) is 10.6. The summed E-state index contributed by atoms with van der Waals surface area (Å²) >= 11 is 0. The molecule has 1 heterocycles. The first-order chi connectivity index (χ1) is 12.9. The molecule has 152 valence electrons. The van der Waals surface area contributed by atoms with Crippen molar-refractivity contribution in [3.63, 3.8) is 0 Å². The minimum absolute atomic E-state index is 0.0143. The fraction of sp³-hybridized carbons (Fsp3) is 0.958. The summed E-state index contributed by atoms with van der Waals surface area (Å²) < 4.78 is 5.43. The van der Waals surface area contributed by atoms with E-state index in [1.54, 1.807) is 0 Å². The second kappa shape index (κ2) is 6.21. The summed E-state index contributed by atoms with van der Waals surface area (Å²) in [6.45, 7) is 5.56. The Labute approximate surface area is 164 Å². The van der Waals surface area contributed by atoms with Crippen LogP contribution >= 0.6 is 0 Å². The number of hydrogen-bond donors (Lipinski definition) is 1. The maximum absolute atomic E-state index is 12.2. The van der Waals surface area contributed by atoms with Crippen LogP contribution in [-0.2, 0) is 9.53 Å². The van der Waals surface area contributed by atoms with Gasteiger partial charge in [-0.1, -0.05) is 26.7 Å². The largest absolute Gasteiger partial charge is 0.465 e. The Morgan fingerprint density at radius 3 is 2.48 bits per heavy atom. The third-order valence-corrected chi connectivity index (χ3v) is 10.6. The van der Waals surface area contributed by atoms with Crippen LogP contribution in [-0.4, -0.2) is 23.3 Å². The Balaban J connectivity index is 1.43. The molecule has 0 aromatic heterocycles. The molecule has 3 heteroatoms. The molecule has 0 radical (unpaired) electrons. The summed E-state index contributed by atoms with van der Waals surface area (Å²) in [6, 6.07) is 0. The Morgan fingerprint density at radius 1 is 0.889 bits per heavy atom. The van der Waals surface area contributed by atoms with Gasteiger partial charge in [-0.25, -0.2) is 0 Å². The van der Waals surface area contributed by atoms with Crippen molar-refractivity contribution in [2.24, 2.45) is 40.4 Å². The molecule has 5 aliphatic rings. The van der Waals surface area contributed by atoms with Gasteiger partial charge in [-0.05, 0) is 98.2 Å². The highest BCUT2D eigenvalue weighted by Crippen LogP contribution is 2.70. The molecule has 1 aliphatic heterocycles. The molecule has 27 heavy (non-hydrogen) atoms. The summed E-state index contributed by atoms with van der Waals surface area (Å²) in [5, 5.41) is 12.2. The average Bonchev–Trinajstić information content (AvgIpc) is 2.94. The lowest BCUT2D eigenvalue weighted by Crippen LogP contribution is -2.62. The second-order valence-corrected chi connectivity index (χ2v) is 11.2. The van der Waals surface area contributed by atoms with E-state index in [2.05, 4.69) is 13.8 Å². The lowest BCUT2D eigenvalue weighted by Gasteiger charge is -2.63. The van der Waals surface area contributed by atoms with Gasteiger partial charge in [0.25, 0.3) is 0 Å². The van der Waals surface area contributed by atoms with Gasteiger partial charge in [-0.15, -0.1) is 0 Å². The fourth-order valence-electron chi connectivity index (χ4n) is 9.04. The molecule has 1 N–H and O–H groups in total. The predicted octanol–water partition coefficient (Wildman–Crippen LogP) is 5.10. The van der Waals surface area contributed by atoms with Crippen molar-refractivity contribution < 1.29 is 14.6 Å². The second-order valence-electron chi connectivity index (χ2n) is 11.2. The van der Waals surface area contributed by atoms with Crippen LogP contribution in [0.2, 0.25) is 0 Å². The number of rotatable bonds is 1. The van der Waals surface area contributed by atoms with Gasteiger partial charge < -0.3 is 9.84 Å². The number of esters is 1. The number of aliphatic hydroxyl groups is 1. The summed E-state index contributed by atoms with van der Waals surface area (Å²) in [6.07, 6.45) is 14.3. The average molecular weight is 375 g/mol. The quantitative estimate of drug-likeness (QED) is 0.649. The van der Waals surface area contributed by atoms with Crippen molar-refractivity contribution in [2.75, 3.05) is 6.61 Å². The van der Waals surface area contributed by atoms with Crippen LogP contribution in [0.25, 0.3) is 0 Å². The van der Waals surface area contributed by atoms with Gasteiger partial charge in [0.05, 0.1) is 12.2 Å². The highest BCUT2D eigenvalue weighted by molar-refractivity contribution is 5.70. The first-order valence-electron chi connectivity index (χ1n) is 11.8. The van der Waals surface area contributed by atoms with Crippen LogP contribution in [0.15, 0.2) is 0 Å². The van der Waals surface area contributed by atoms with Crippen molar-refractivity contribution in [2.45, 2.75) is 96.5 Å². The van der Waals surface area contributed by atoms with E-state index >= 15 is 0 Å². The van der Waals surface area contributed by atoms with Crippen LogP contribution in [0.4, 0.5) is 0 Å². The molecule has 0 amide bonds. The Kier molecular flexibility index (Phi) is 4.25. The topological polar surface area (TPSA) is 46.5 Å². The number of cyclic esters (lactones) is 1. The van der Waals surface area contributed by atoms with Crippen LogP contribution in [0, 0.1) is 40.4 Å². The maximum Gasteiger partial charge on any atom is 0.305 e. The van der Waals surface area contributed by atoms with Crippen LogP contribution < -0.4 is 0 Å². The molecule has 0 bridgehead atoms. The van der Waals surface area contributed by atoms with Crippen molar-refractivity contribution in [3.8, 4) is 0 Å². The monoisotopic (exact) mass is 374 g/mol. The molecule has 5 fully saturated rings. The Bertz CT molecular complexity index is 607. The Hall–Kier alpha value is -0.570. The van der Waals surface area contributed by atoms with E-state index in [1.807, 2.05) is 0 Å². The van der Waals surface area contributed by atoms with Crippen molar-refractivity contribution >= 4 is 5.97 Å². The minimum atomic E-state index is -0.493. The molecule has 5 rings (SSSR count). The fourth-order valence-corrected chi connectivity index (χ4v) is 9.04. The molecular weight excluding hydrogens is 336 g/mol. The Morgan fingerprint density at radius 2 is 1.70 bits per heavy atom. The smallest absolute Gasteiger partial charge is 0.305 e. The predicted molar refractivity (Wildman–Crippen MR) is 105 cm³/mol. The van der Waals surface area contributed by atoms with Gasteiger partial charge in [0.2, 0.25) is 0 Å². The van der Waals surface area contributed by atoms with Crippen LogP contribution in [0.1, 0.15) is 90.9 Å². The summed E-state index contributed by atoms with van der Waals surface area (Å²) in [7, 11) is 0. The number of carbonyl (C=O) groups excluding carboxylic acids is 1. The van der Waals surface area contributed by atoms with Gasteiger partial charge in [0.15, 0.2) is 0 Å². The van der Waals surface area contributed by atoms with E-state index in [0.29, 0.717) is 36.2 Å². The van der Waals surface area contributed by atoms with Gasteiger partial charge in [-0.2, -0.15) is 0 Å². The zero-order chi connectivity index (χ0) is 18.9. The number of ether oxygens (including phenoxy) is 1. The molecule has 0 spiro atoms. The van der Waals surface area contributed by atoms with Crippen LogP contribution in [0.3, 0.4) is 0 Å². The van der Waals surface area contributed by atoms with Gasteiger partial charge >= 0.3 is 5.97 Å². The molecule has 4 saturated carbocycles. The molecule has 3 nitrogen and oxygen atoms in total. The summed E-state index contributed by atoms with van der Waals surface area (Å²) in [5.41, 5.74) is -0.00933. The van der Waals surface area contributed by atoms with E-state index in [4.69, 9.17) is 4.74 Å². The van der Waals surface area contributed by atoms with E-state index in [9.17, 15) is 9.90 Å². The number of fused-ring (bicyclic) bond motifs is 5. The lowest BCUT2D eigenvalue weighted by atomic mass is 9.43. The van der Waals surface area contributed by atoms with Gasteiger partial charge in [0.1, 0.15) is 0 Å². The minimum Gasteiger partial charge on any atom is -0.465 e. The first kappa shape index (κ1) is 18.5. The molecule has 0 aromatic rings. The van der Waals surface area contributed by atoms with Gasteiger partial charge in [0, 0.05) is 6.42 Å². The van der Waals surface area contributed by atoms with Crippen molar-refractivity contribution in [1.82, 2.24) is 0 Å². The first-order valence-corrected chi connectivity index (χ1v) is 11.8. The zero-order valence-electron chi connectivity index (χ0n) is 17.3. The number of hydrogen-bond acceptors (Lipinski definition) is 3. The molecule has 4 aliphatic carbocycles. The van der Waals surface area contributed by atoms with Crippen molar-refractivity contribution in [1.29, 1.82) is 0 Å². The SMILES string of the molecule is C[C@]12CCCC[C@H]1CC[C@@H]1[C@@H]2CC[C@]2(C)[C@@H]([C@H]3CCC(=O)OC3)CC[C@]12O. The maximum atomic E-state index is 12.2. The van der Waals surface area contributed by atoms with Crippen LogP contribution in [0.5, 0.6) is 0 Å². The standard InChI is InChI=1S/C24H38O3/c1-22-12-4-3-5-17(22)7-8-20-19(22)10-13-23(2)18(11-14-24(20,23)26)16-6-9-21(25)27-15-16/h16-20,26H,3-15H2,1-2H3/t16-,17-,18+,19-,20+,22-,23+,24-/m0/s1. The van der Waals surface area contributed by atoms with E-state index in [1.165, 1.54) is 51.4 Å². The highest BCUT2D eigenvalue weighted by Gasteiger charge is 2.67. The van der Waals surface area contributed by atoms with E-state index in [-0.39, 0.29) is 11.4 Å². The lowest BCUT2D eigenvalue weighted by molar-refractivity contribution is -0.211. The summed E-state index contributed by atoms with van der Waals surface area (Å²) in [5.74, 6) is 3.06. The number of carbonyl (C=O) groups is 1. The van der Waals surface area contributed by atoms with E-state index < -0.39 is 5.60 Å².